The molecule has 2 aliphatic rings. The summed E-state index contributed by atoms with van der Waals surface area (Å²) >= 11 is 0. The molecule has 0 bridgehead atoms. The van der Waals surface area contributed by atoms with Crippen LogP contribution in [0.25, 0.3) is 0 Å². The summed E-state index contributed by atoms with van der Waals surface area (Å²) in [5, 5.41) is 3.57. The first-order valence-electron chi connectivity index (χ1n) is 7.11. The number of hydrogen-bond donors (Lipinski definition) is 1. The van der Waals surface area contributed by atoms with Crippen LogP contribution in [0.3, 0.4) is 0 Å². The molecule has 0 saturated heterocycles. The predicted molar refractivity (Wildman–Crippen MR) is 74.3 cm³/mol. The van der Waals surface area contributed by atoms with Gasteiger partial charge in [-0.15, -0.1) is 0 Å². The third-order valence-electron chi connectivity index (χ3n) is 3.74. The van der Waals surface area contributed by atoms with Crippen molar-refractivity contribution in [1.82, 2.24) is 5.32 Å². The highest BCUT2D eigenvalue weighted by atomic mass is 16.7. The van der Waals surface area contributed by atoms with Crippen LogP contribution in [-0.2, 0) is 15.9 Å². The van der Waals surface area contributed by atoms with Crippen molar-refractivity contribution < 1.29 is 9.47 Å². The summed E-state index contributed by atoms with van der Waals surface area (Å²) in [5.74, 6) is 2.25. The molecule has 1 unspecified atom stereocenters. The smallest absolute Gasteiger partial charge is 0.229 e. The molecular formula is C16H21NO2. The lowest BCUT2D eigenvalue weighted by Crippen LogP contribution is -2.27. The van der Waals surface area contributed by atoms with Gasteiger partial charge >= 0.3 is 0 Å². The second-order valence-electron chi connectivity index (χ2n) is 5.44. The number of nitrogens with one attached hydrogen (secondary N) is 1. The minimum Gasteiger partial charge on any atom is -0.462 e. The maximum absolute atomic E-state index is 5.56. The third kappa shape index (κ3) is 3.74. The maximum atomic E-state index is 5.56. The van der Waals surface area contributed by atoms with E-state index in [4.69, 9.17) is 9.47 Å². The van der Waals surface area contributed by atoms with Gasteiger partial charge in [-0.2, -0.15) is 0 Å². The van der Waals surface area contributed by atoms with Crippen molar-refractivity contribution in [3.05, 3.63) is 47.9 Å². The van der Waals surface area contributed by atoms with E-state index in [0.717, 1.165) is 31.2 Å². The molecule has 0 amide bonds. The molecular weight excluding hydrogens is 238 g/mol. The van der Waals surface area contributed by atoms with E-state index in [1.807, 2.05) is 0 Å². The first-order valence-corrected chi connectivity index (χ1v) is 7.11. The van der Waals surface area contributed by atoms with Crippen LogP contribution in [0.15, 0.2) is 42.4 Å². The van der Waals surface area contributed by atoms with Gasteiger partial charge in [0, 0.05) is 12.5 Å². The van der Waals surface area contributed by atoms with Crippen LogP contribution in [-0.4, -0.2) is 19.9 Å². The van der Waals surface area contributed by atoms with Crippen molar-refractivity contribution in [3.8, 4) is 0 Å². The summed E-state index contributed by atoms with van der Waals surface area (Å²) in [6.45, 7) is 2.46. The fraction of sp³-hybridized carbons (Fsp3) is 0.500. The van der Waals surface area contributed by atoms with Crippen LogP contribution in [0.4, 0.5) is 0 Å². The maximum Gasteiger partial charge on any atom is 0.229 e. The second-order valence-corrected chi connectivity index (χ2v) is 5.44. The fourth-order valence-corrected chi connectivity index (χ4v) is 2.42. The Balaban J connectivity index is 1.58. The Labute approximate surface area is 114 Å². The Kier molecular flexibility index (Phi) is 4.04. The second kappa shape index (κ2) is 6.11. The number of benzene rings is 1. The molecule has 1 N–H and O–H groups in total. The average molecular weight is 259 g/mol. The Bertz CT molecular complexity index is 426. The Morgan fingerprint density at radius 2 is 2.05 bits per heavy atom. The van der Waals surface area contributed by atoms with Crippen LogP contribution in [0, 0.1) is 11.8 Å². The summed E-state index contributed by atoms with van der Waals surface area (Å²) in [5.41, 5.74) is 1.34. The van der Waals surface area contributed by atoms with Gasteiger partial charge in [0.2, 0.25) is 6.79 Å². The van der Waals surface area contributed by atoms with Crippen molar-refractivity contribution in [3.63, 3.8) is 0 Å². The van der Waals surface area contributed by atoms with Gasteiger partial charge in [-0.3, -0.25) is 0 Å². The van der Waals surface area contributed by atoms with Gasteiger partial charge in [0.25, 0.3) is 0 Å². The van der Waals surface area contributed by atoms with Gasteiger partial charge in [0.05, 0.1) is 0 Å². The number of rotatable bonds is 7. The van der Waals surface area contributed by atoms with Crippen molar-refractivity contribution in [2.75, 3.05) is 19.9 Å². The minimum atomic E-state index is 0.364. The highest BCUT2D eigenvalue weighted by Gasteiger charge is 2.23. The van der Waals surface area contributed by atoms with Gasteiger partial charge in [-0.25, -0.2) is 0 Å². The van der Waals surface area contributed by atoms with E-state index in [-0.39, 0.29) is 0 Å². The number of hydrogen-bond acceptors (Lipinski definition) is 3. The Morgan fingerprint density at radius 3 is 2.74 bits per heavy atom. The molecule has 0 spiro atoms. The molecule has 1 atom stereocenters. The van der Waals surface area contributed by atoms with Gasteiger partial charge in [-0.05, 0) is 37.3 Å². The molecule has 3 rings (SSSR count). The lowest BCUT2D eigenvalue weighted by Gasteiger charge is -2.17. The quantitative estimate of drug-likeness (QED) is 0.816. The summed E-state index contributed by atoms with van der Waals surface area (Å²) in [6, 6.07) is 10.6. The molecule has 0 radical (unpaired) electrons. The van der Waals surface area contributed by atoms with Crippen LogP contribution in [0.5, 0.6) is 0 Å². The molecule has 19 heavy (non-hydrogen) atoms. The standard InChI is InChI=1S/C16H21NO2/c1-2-4-13(5-3-1)8-15(16-11-18-12-19-16)10-17-9-14-6-7-14/h1-5,11,14-15,17H,6-10,12H2. The number of ether oxygens (including phenoxy) is 2. The topological polar surface area (TPSA) is 30.5 Å². The van der Waals surface area contributed by atoms with E-state index in [1.54, 1.807) is 6.26 Å². The van der Waals surface area contributed by atoms with Crippen LogP contribution in [0.2, 0.25) is 0 Å². The van der Waals surface area contributed by atoms with Gasteiger partial charge in [0.15, 0.2) is 0 Å². The zero-order chi connectivity index (χ0) is 12.9. The summed E-state index contributed by atoms with van der Waals surface area (Å²) in [6.07, 6.45) is 5.54. The van der Waals surface area contributed by atoms with E-state index in [1.165, 1.54) is 18.4 Å². The van der Waals surface area contributed by atoms with Gasteiger partial charge < -0.3 is 14.8 Å². The normalized spacial score (nSPS) is 19.5. The Hall–Kier alpha value is -1.48. The third-order valence-corrected chi connectivity index (χ3v) is 3.74. The molecule has 3 heteroatoms. The molecule has 1 aliphatic carbocycles. The first kappa shape index (κ1) is 12.5. The zero-order valence-electron chi connectivity index (χ0n) is 11.2. The lowest BCUT2D eigenvalue weighted by molar-refractivity contribution is 0.0703. The van der Waals surface area contributed by atoms with Crippen LogP contribution in [0.1, 0.15) is 18.4 Å². The molecule has 0 aromatic heterocycles. The summed E-state index contributed by atoms with van der Waals surface area (Å²) in [4.78, 5) is 0. The molecule has 1 aliphatic heterocycles. The molecule has 1 aromatic carbocycles. The Morgan fingerprint density at radius 1 is 1.21 bits per heavy atom. The fourth-order valence-electron chi connectivity index (χ4n) is 2.42. The molecule has 1 saturated carbocycles. The molecule has 3 nitrogen and oxygen atoms in total. The van der Waals surface area contributed by atoms with Crippen LogP contribution < -0.4 is 5.32 Å². The summed E-state index contributed by atoms with van der Waals surface area (Å²) < 4.78 is 10.8. The van der Waals surface area contributed by atoms with Crippen LogP contribution >= 0.6 is 0 Å². The van der Waals surface area contributed by atoms with Gasteiger partial charge in [-0.1, -0.05) is 30.3 Å². The van der Waals surface area contributed by atoms with Crippen molar-refractivity contribution in [2.45, 2.75) is 19.3 Å². The molecule has 102 valence electrons. The highest BCUT2D eigenvalue weighted by Crippen LogP contribution is 2.28. The molecule has 1 heterocycles. The van der Waals surface area contributed by atoms with Crippen molar-refractivity contribution >= 4 is 0 Å². The monoisotopic (exact) mass is 259 g/mol. The molecule has 1 fully saturated rings. The SMILES string of the molecule is C1=C(C(CNCC2CC2)Cc2ccccc2)OCO1. The zero-order valence-corrected chi connectivity index (χ0v) is 11.2. The van der Waals surface area contributed by atoms with E-state index >= 15 is 0 Å². The highest BCUT2D eigenvalue weighted by molar-refractivity contribution is 5.17. The van der Waals surface area contributed by atoms with E-state index in [9.17, 15) is 0 Å². The van der Waals surface area contributed by atoms with Gasteiger partial charge in [0.1, 0.15) is 12.0 Å². The molecule has 1 aromatic rings. The predicted octanol–water partition coefficient (Wildman–Crippen LogP) is 2.69. The van der Waals surface area contributed by atoms with E-state index < -0.39 is 0 Å². The summed E-state index contributed by atoms with van der Waals surface area (Å²) in [7, 11) is 0. The van der Waals surface area contributed by atoms with Crippen molar-refractivity contribution in [1.29, 1.82) is 0 Å². The largest absolute Gasteiger partial charge is 0.462 e. The van der Waals surface area contributed by atoms with Crippen molar-refractivity contribution in [2.24, 2.45) is 11.8 Å². The first-order chi connectivity index (χ1) is 9.42. The minimum absolute atomic E-state index is 0.364. The van der Waals surface area contributed by atoms with E-state index in [0.29, 0.717) is 12.7 Å². The van der Waals surface area contributed by atoms with E-state index in [2.05, 4.69) is 35.6 Å². The lowest BCUT2D eigenvalue weighted by atomic mass is 9.97. The average Bonchev–Trinajstić information content (AvgIpc) is 3.11.